The number of aromatic nitrogens is 3. The predicted octanol–water partition coefficient (Wildman–Crippen LogP) is 19.2. The number of hydrogen-bond donors (Lipinski definition) is 0. The lowest BCUT2D eigenvalue weighted by Crippen LogP contribution is -2.60. The number of rotatable bonds is 3. The first-order chi connectivity index (χ1) is 40.0. The van der Waals surface area contributed by atoms with Crippen molar-refractivity contribution in [3.05, 3.63) is 197 Å². The molecule has 0 saturated carbocycles. The fourth-order valence-electron chi connectivity index (χ4n) is 16.8. The van der Waals surface area contributed by atoms with E-state index in [0.717, 1.165) is 76.0 Å². The van der Waals surface area contributed by atoms with Crippen molar-refractivity contribution in [3.63, 3.8) is 0 Å². The second-order valence-electron chi connectivity index (χ2n) is 30.0. The van der Waals surface area contributed by atoms with Crippen LogP contribution < -0.4 is 15.7 Å². The molecule has 6 heteroatoms. The molecule has 0 radical (unpaired) electrons. The van der Waals surface area contributed by atoms with Crippen molar-refractivity contribution in [1.82, 2.24) is 14.1 Å². The number of fused-ring (bicyclic) bond motifs is 19. The van der Waals surface area contributed by atoms with E-state index in [1.807, 2.05) is 0 Å². The third-order valence-corrected chi connectivity index (χ3v) is 21.7. The fourth-order valence-corrected chi connectivity index (χ4v) is 16.8. The zero-order valence-electron chi connectivity index (χ0n) is 51.1. The van der Waals surface area contributed by atoms with Gasteiger partial charge in [-0.15, -0.1) is 0 Å². The molecule has 17 rings (SSSR count). The van der Waals surface area contributed by atoms with Gasteiger partial charge in [-0.25, -0.2) is 4.98 Å². The summed E-state index contributed by atoms with van der Waals surface area (Å²) in [5, 5.41) is 5.08. The number of benzene rings is 9. The molecule has 84 heavy (non-hydrogen) atoms. The van der Waals surface area contributed by atoms with E-state index in [4.69, 9.17) is 9.40 Å². The Morgan fingerprint density at radius 2 is 1.07 bits per heavy atom. The maximum atomic E-state index is 7.34. The van der Waals surface area contributed by atoms with Crippen LogP contribution in [0.25, 0.3) is 99.8 Å². The molecule has 5 aliphatic rings. The zero-order valence-corrected chi connectivity index (χ0v) is 51.1. The van der Waals surface area contributed by atoms with E-state index in [1.54, 1.807) is 0 Å². The average molecular weight is 1090 g/mol. The molecular formula is C78H73BN4O. The van der Waals surface area contributed by atoms with Crippen molar-refractivity contribution < 1.29 is 4.42 Å². The summed E-state index contributed by atoms with van der Waals surface area (Å²) in [5.41, 5.74) is 29.8. The Morgan fingerprint density at radius 1 is 0.488 bits per heavy atom. The Bertz CT molecular complexity index is 4900. The maximum absolute atomic E-state index is 7.34. The van der Waals surface area contributed by atoms with Crippen LogP contribution in [0.4, 0.5) is 11.4 Å². The second kappa shape index (κ2) is 16.2. The van der Waals surface area contributed by atoms with Gasteiger partial charge in [0.2, 0.25) is 0 Å². The second-order valence-corrected chi connectivity index (χ2v) is 30.0. The van der Waals surface area contributed by atoms with Gasteiger partial charge in [0.05, 0.1) is 22.1 Å². The minimum Gasteiger partial charge on any atom is -0.456 e. The monoisotopic (exact) mass is 1090 g/mol. The molecule has 414 valence electrons. The maximum Gasteiger partial charge on any atom is 0.333 e. The van der Waals surface area contributed by atoms with Gasteiger partial charge in [-0.2, -0.15) is 0 Å². The van der Waals surface area contributed by atoms with Crippen LogP contribution in [0, 0.1) is 0 Å². The standard InChI is InChI=1S/C78H73BN4O/c1-73(2,3)45-28-30-47(31-29-45)83-61-38-50-49-36-54-57(77(10,11)35-33-74(54,4)5)41-65(49)84-64(50)39-52(61)67-66-48-26-20-21-27-53(48)78(12,13)69(66)68-51-37-55-56(76(8,9)34-32-75(55,6)7)40-60(51)82-62-43-63-59(42-58(62)79(83)70(67)71(68)82)80-72(44-22-16-14-17-23-44)81(63)46-24-18-15-19-25-46/h14-31,36-43H,32-35H2,1-13H3. The number of hydrogen-bond acceptors (Lipinski definition) is 3. The van der Waals surface area contributed by atoms with Crippen LogP contribution in [0.1, 0.15) is 155 Å². The summed E-state index contributed by atoms with van der Waals surface area (Å²) in [4.78, 5) is 8.50. The van der Waals surface area contributed by atoms with Gasteiger partial charge in [-0.1, -0.05) is 175 Å². The average Bonchev–Trinajstić information content (AvgIpc) is 1.49. The molecule has 0 bridgehead atoms. The summed E-state index contributed by atoms with van der Waals surface area (Å²) in [7, 11) is 0. The number of anilines is 2. The molecule has 5 heterocycles. The summed E-state index contributed by atoms with van der Waals surface area (Å²) < 4.78 is 12.5. The normalized spacial score (nSPS) is 18.1. The van der Waals surface area contributed by atoms with Gasteiger partial charge < -0.3 is 13.8 Å². The largest absolute Gasteiger partial charge is 0.456 e. The van der Waals surface area contributed by atoms with Gasteiger partial charge in [0.1, 0.15) is 17.0 Å². The van der Waals surface area contributed by atoms with Crippen LogP contribution in [0.3, 0.4) is 0 Å². The Hall–Kier alpha value is -8.09. The molecule has 2 aliphatic heterocycles. The number of nitrogens with zero attached hydrogens (tertiary/aromatic N) is 4. The molecule has 12 aromatic rings. The van der Waals surface area contributed by atoms with E-state index in [1.165, 1.54) is 111 Å². The topological polar surface area (TPSA) is 39.1 Å². The van der Waals surface area contributed by atoms with Crippen molar-refractivity contribution in [3.8, 4) is 45.0 Å². The summed E-state index contributed by atoms with van der Waals surface area (Å²) in [5.74, 6) is 0.932. The summed E-state index contributed by atoms with van der Waals surface area (Å²) in [6.07, 6.45) is 4.58. The minimum absolute atomic E-state index is 0.00380. The van der Waals surface area contributed by atoms with E-state index < -0.39 is 0 Å². The highest BCUT2D eigenvalue weighted by atomic mass is 16.3. The molecule has 0 saturated heterocycles. The lowest BCUT2D eigenvalue weighted by atomic mass is 9.43. The highest BCUT2D eigenvalue weighted by Crippen LogP contribution is 2.61. The molecule has 0 unspecified atom stereocenters. The lowest BCUT2D eigenvalue weighted by molar-refractivity contribution is 0.332. The molecule has 0 fully saturated rings. The lowest BCUT2D eigenvalue weighted by Gasteiger charge is -2.43. The van der Waals surface area contributed by atoms with Crippen LogP contribution in [0.5, 0.6) is 0 Å². The van der Waals surface area contributed by atoms with Gasteiger partial charge in [0.15, 0.2) is 0 Å². The van der Waals surface area contributed by atoms with Gasteiger partial charge in [0, 0.05) is 60.8 Å². The van der Waals surface area contributed by atoms with Crippen LogP contribution in [-0.4, -0.2) is 21.0 Å². The first-order valence-corrected chi connectivity index (χ1v) is 31.0. The zero-order chi connectivity index (χ0) is 57.7. The Morgan fingerprint density at radius 3 is 1.74 bits per heavy atom. The van der Waals surface area contributed by atoms with Crippen LogP contribution >= 0.6 is 0 Å². The van der Waals surface area contributed by atoms with Crippen molar-refractivity contribution in [2.75, 3.05) is 4.81 Å². The van der Waals surface area contributed by atoms with Crippen molar-refractivity contribution in [2.24, 2.45) is 0 Å². The first kappa shape index (κ1) is 50.4. The predicted molar refractivity (Wildman–Crippen MR) is 354 cm³/mol. The fraction of sp³-hybridized carbons (Fsp3) is 0.295. The van der Waals surface area contributed by atoms with E-state index >= 15 is 0 Å². The van der Waals surface area contributed by atoms with Crippen molar-refractivity contribution >= 4 is 83.9 Å². The third kappa shape index (κ3) is 6.55. The molecule has 0 N–H and O–H groups in total. The van der Waals surface area contributed by atoms with Gasteiger partial charge in [0.25, 0.3) is 0 Å². The Balaban J connectivity index is 1.09. The number of para-hydroxylation sites is 1. The molecule has 0 spiro atoms. The molecule has 9 aromatic carbocycles. The van der Waals surface area contributed by atoms with Gasteiger partial charge in [-0.05, 0) is 192 Å². The Labute approximate surface area is 494 Å². The molecule has 3 aromatic heterocycles. The highest BCUT2D eigenvalue weighted by Gasteiger charge is 2.51. The summed E-state index contributed by atoms with van der Waals surface area (Å²) >= 11 is 0. The molecule has 3 aliphatic carbocycles. The molecule has 0 atom stereocenters. The van der Waals surface area contributed by atoms with Gasteiger partial charge in [-0.3, -0.25) is 4.57 Å². The third-order valence-electron chi connectivity index (χ3n) is 21.7. The summed E-state index contributed by atoms with van der Waals surface area (Å²) in [6, 6.07) is 60.9. The van der Waals surface area contributed by atoms with Gasteiger partial charge >= 0.3 is 6.85 Å². The van der Waals surface area contributed by atoms with Crippen molar-refractivity contribution in [2.45, 2.75) is 148 Å². The minimum atomic E-state index is -0.330. The number of furan rings is 1. The van der Waals surface area contributed by atoms with Crippen LogP contribution in [0.15, 0.2) is 162 Å². The van der Waals surface area contributed by atoms with Crippen LogP contribution in [-0.2, 0) is 32.5 Å². The number of imidazole rings is 1. The molecule has 0 amide bonds. The first-order valence-electron chi connectivity index (χ1n) is 31.0. The van der Waals surface area contributed by atoms with E-state index in [0.29, 0.717) is 0 Å². The van der Waals surface area contributed by atoms with E-state index in [-0.39, 0.29) is 39.3 Å². The molecule has 5 nitrogen and oxygen atoms in total. The SMILES string of the molecule is CC(C)(C)c1ccc(N2B3c4cc5nc(-c6ccccc6)n(-c6ccccc6)c5cc4-n4c5cc6c(cc5c5c7c(c(c3c54)-c3cc4oc5cc8c(cc5c4cc32)C(C)(C)CCC8(C)C)-c2ccccc2C7(C)C)C(C)(C)CCC6(C)C)cc1. The summed E-state index contributed by atoms with van der Waals surface area (Å²) in [6.45, 7) is 31.4. The Kier molecular flexibility index (Phi) is 9.73. The van der Waals surface area contributed by atoms with E-state index in [9.17, 15) is 0 Å². The highest BCUT2D eigenvalue weighted by molar-refractivity contribution is 6.94. The van der Waals surface area contributed by atoms with Crippen LogP contribution in [0.2, 0.25) is 0 Å². The van der Waals surface area contributed by atoms with E-state index in [2.05, 4.69) is 262 Å². The van der Waals surface area contributed by atoms with Crippen molar-refractivity contribution in [1.29, 1.82) is 0 Å². The molecular weight excluding hydrogens is 1020 g/mol. The quantitative estimate of drug-likeness (QED) is 0.166. The smallest absolute Gasteiger partial charge is 0.333 e.